The van der Waals surface area contributed by atoms with Gasteiger partial charge in [-0.1, -0.05) is 189 Å². The molecule has 0 rings (SSSR count). The molecule has 0 spiro atoms. The number of hydrogen-bond donors (Lipinski definition) is 0. The van der Waals surface area contributed by atoms with Gasteiger partial charge in [-0.2, -0.15) is 0 Å². The third kappa shape index (κ3) is 45.5. The maximum atomic E-state index is 12.7. The van der Waals surface area contributed by atoms with Crippen molar-refractivity contribution in [3.8, 4) is 0 Å². The minimum atomic E-state index is -0.806. The molecule has 1 unspecified atom stereocenters. The average Bonchev–Trinajstić information content (AvgIpc) is 3.23. The van der Waals surface area contributed by atoms with E-state index in [1.165, 1.54) is 83.5 Å². The Balaban J connectivity index is 4.49. The molecule has 336 valence electrons. The predicted molar refractivity (Wildman–Crippen MR) is 251 cm³/mol. The van der Waals surface area contributed by atoms with Gasteiger partial charge in [0.25, 0.3) is 0 Å². The van der Waals surface area contributed by atoms with E-state index in [0.717, 1.165) is 83.5 Å². The Morgan fingerprint density at radius 2 is 0.678 bits per heavy atom. The number of allylic oxidation sites excluding steroid dienone is 14. The molecule has 0 radical (unpaired) electrons. The van der Waals surface area contributed by atoms with Crippen LogP contribution in [-0.2, 0) is 28.6 Å². The van der Waals surface area contributed by atoms with Gasteiger partial charge in [-0.3, -0.25) is 14.4 Å². The van der Waals surface area contributed by atoms with Gasteiger partial charge in [0.05, 0.1) is 0 Å². The summed E-state index contributed by atoms with van der Waals surface area (Å²) in [5.74, 6) is -0.976. The molecule has 0 saturated carbocycles. The Labute approximate surface area is 363 Å². The Morgan fingerprint density at radius 3 is 1.15 bits per heavy atom. The molecule has 59 heavy (non-hydrogen) atoms. The molecule has 6 heteroatoms. The summed E-state index contributed by atoms with van der Waals surface area (Å²) in [5.41, 5.74) is 0. The smallest absolute Gasteiger partial charge is 0.306 e. The summed E-state index contributed by atoms with van der Waals surface area (Å²) in [4.78, 5) is 37.8. The number of esters is 3. The zero-order chi connectivity index (χ0) is 43.0. The van der Waals surface area contributed by atoms with Crippen molar-refractivity contribution in [1.29, 1.82) is 0 Å². The van der Waals surface area contributed by atoms with Gasteiger partial charge in [0, 0.05) is 19.3 Å². The van der Waals surface area contributed by atoms with Crippen molar-refractivity contribution in [3.05, 3.63) is 85.1 Å². The first kappa shape index (κ1) is 55.6. The van der Waals surface area contributed by atoms with E-state index in [-0.39, 0.29) is 37.5 Å². The van der Waals surface area contributed by atoms with Crippen LogP contribution in [0.1, 0.15) is 213 Å². The van der Waals surface area contributed by atoms with Gasteiger partial charge in [0.2, 0.25) is 0 Å². The Bertz CT molecular complexity index is 1170. The number of ether oxygens (including phenoxy) is 3. The molecule has 0 saturated heterocycles. The van der Waals surface area contributed by atoms with E-state index in [1.54, 1.807) is 0 Å². The molecule has 0 aromatic carbocycles. The lowest BCUT2D eigenvalue weighted by Gasteiger charge is -2.18. The molecular weight excluding hydrogens is 733 g/mol. The van der Waals surface area contributed by atoms with Crippen LogP contribution in [0.3, 0.4) is 0 Å². The zero-order valence-corrected chi connectivity index (χ0v) is 38.2. The normalized spacial score (nSPS) is 12.8. The standard InChI is InChI=1S/C53H88O6/c1-4-7-10-13-16-19-22-25-26-29-31-34-37-40-43-46-52(55)58-49-50(59-53(56)47-44-41-38-35-32-28-24-21-18-15-12-9-6-3)48-57-51(54)45-42-39-36-33-30-27-23-20-17-14-11-8-5-2/h9,12,15-16,18-19,21-22,24-25,27-28,30,32,50H,4-8,10-11,13-14,17,20,23,26,29,31,33-49H2,1-3H3/b12-9+,18-15+,19-16+,24-21+,25-22+,30-27+,32-28+. The van der Waals surface area contributed by atoms with Crippen molar-refractivity contribution in [2.24, 2.45) is 0 Å². The molecule has 1 atom stereocenters. The van der Waals surface area contributed by atoms with Gasteiger partial charge in [0.15, 0.2) is 6.10 Å². The second-order valence-electron chi connectivity index (χ2n) is 15.8. The molecule has 0 aliphatic heterocycles. The van der Waals surface area contributed by atoms with Gasteiger partial charge >= 0.3 is 17.9 Å². The SMILES string of the molecule is CC/C=C/C=C/C=C/C=C/CCCCCC(=O)OC(COC(=O)CCCCC/C=C/CCCCCCCC)COC(=O)CCCCCCCC/C=C/C=C/CCCCC. The molecule has 0 fully saturated rings. The molecule has 0 aromatic heterocycles. The average molecular weight is 821 g/mol. The number of carbonyl (C=O) groups excluding carboxylic acids is 3. The van der Waals surface area contributed by atoms with E-state index >= 15 is 0 Å². The van der Waals surface area contributed by atoms with Crippen LogP contribution in [-0.4, -0.2) is 37.2 Å². The summed E-state index contributed by atoms with van der Waals surface area (Å²) in [6.45, 7) is 6.38. The first-order chi connectivity index (χ1) is 29.0. The van der Waals surface area contributed by atoms with Crippen LogP contribution in [0.25, 0.3) is 0 Å². The highest BCUT2D eigenvalue weighted by molar-refractivity contribution is 5.71. The van der Waals surface area contributed by atoms with Gasteiger partial charge in [-0.25, -0.2) is 0 Å². The molecule has 0 N–H and O–H groups in total. The van der Waals surface area contributed by atoms with E-state index in [2.05, 4.69) is 69.4 Å². The molecule has 0 bridgehead atoms. The third-order valence-corrected chi connectivity index (χ3v) is 9.98. The van der Waals surface area contributed by atoms with E-state index in [9.17, 15) is 14.4 Å². The van der Waals surface area contributed by atoms with Crippen LogP contribution >= 0.6 is 0 Å². The quantitative estimate of drug-likeness (QED) is 0.0201. The summed E-state index contributed by atoms with van der Waals surface area (Å²) < 4.78 is 16.7. The fraction of sp³-hybridized carbons (Fsp3) is 0.679. The summed E-state index contributed by atoms with van der Waals surface area (Å²) in [7, 11) is 0. The molecule has 0 aliphatic rings. The van der Waals surface area contributed by atoms with E-state index in [0.29, 0.717) is 19.3 Å². The fourth-order valence-electron chi connectivity index (χ4n) is 6.32. The number of unbranched alkanes of at least 4 members (excludes halogenated alkanes) is 21. The van der Waals surface area contributed by atoms with Crippen LogP contribution in [0.15, 0.2) is 85.1 Å². The van der Waals surface area contributed by atoms with Crippen LogP contribution < -0.4 is 0 Å². The van der Waals surface area contributed by atoms with Gasteiger partial charge < -0.3 is 14.2 Å². The van der Waals surface area contributed by atoms with Gasteiger partial charge in [-0.05, 0) is 89.9 Å². The van der Waals surface area contributed by atoms with Crippen LogP contribution in [0.2, 0.25) is 0 Å². The monoisotopic (exact) mass is 821 g/mol. The van der Waals surface area contributed by atoms with Crippen molar-refractivity contribution in [2.45, 2.75) is 219 Å². The van der Waals surface area contributed by atoms with Crippen molar-refractivity contribution < 1.29 is 28.6 Å². The number of rotatable bonds is 42. The van der Waals surface area contributed by atoms with Crippen molar-refractivity contribution in [2.75, 3.05) is 13.2 Å². The topological polar surface area (TPSA) is 78.9 Å². The van der Waals surface area contributed by atoms with Crippen molar-refractivity contribution >= 4 is 17.9 Å². The molecule has 0 aliphatic carbocycles. The first-order valence-electron chi connectivity index (χ1n) is 24.2. The molecule has 6 nitrogen and oxygen atoms in total. The summed E-state index contributed by atoms with van der Waals surface area (Å²) >= 11 is 0. The number of hydrogen-bond acceptors (Lipinski definition) is 6. The fourth-order valence-corrected chi connectivity index (χ4v) is 6.32. The second-order valence-corrected chi connectivity index (χ2v) is 15.8. The van der Waals surface area contributed by atoms with Crippen molar-refractivity contribution in [3.63, 3.8) is 0 Å². The molecule has 0 heterocycles. The third-order valence-electron chi connectivity index (χ3n) is 9.98. The second kappa shape index (κ2) is 47.3. The Kier molecular flexibility index (Phi) is 44.5. The maximum absolute atomic E-state index is 12.7. The Morgan fingerprint density at radius 1 is 0.356 bits per heavy atom. The highest BCUT2D eigenvalue weighted by Crippen LogP contribution is 2.13. The highest BCUT2D eigenvalue weighted by atomic mass is 16.6. The van der Waals surface area contributed by atoms with E-state index < -0.39 is 6.10 Å². The molecule has 0 aromatic rings. The Hall–Kier alpha value is -3.41. The van der Waals surface area contributed by atoms with Crippen LogP contribution in [0.4, 0.5) is 0 Å². The van der Waals surface area contributed by atoms with Crippen molar-refractivity contribution in [1.82, 2.24) is 0 Å². The summed E-state index contributed by atoms with van der Waals surface area (Å²) in [5, 5.41) is 0. The summed E-state index contributed by atoms with van der Waals surface area (Å²) in [6.07, 6.45) is 59.9. The summed E-state index contributed by atoms with van der Waals surface area (Å²) in [6, 6.07) is 0. The molecule has 0 amide bonds. The maximum Gasteiger partial charge on any atom is 0.306 e. The molecular formula is C53H88O6. The number of carbonyl (C=O) groups is 3. The van der Waals surface area contributed by atoms with E-state index in [1.807, 2.05) is 36.5 Å². The lowest BCUT2D eigenvalue weighted by molar-refractivity contribution is -0.167. The minimum absolute atomic E-state index is 0.104. The largest absolute Gasteiger partial charge is 0.462 e. The van der Waals surface area contributed by atoms with Crippen LogP contribution in [0, 0.1) is 0 Å². The van der Waals surface area contributed by atoms with Gasteiger partial charge in [0.1, 0.15) is 13.2 Å². The van der Waals surface area contributed by atoms with E-state index in [4.69, 9.17) is 14.2 Å². The first-order valence-corrected chi connectivity index (χ1v) is 24.2. The van der Waals surface area contributed by atoms with Gasteiger partial charge in [-0.15, -0.1) is 0 Å². The lowest BCUT2D eigenvalue weighted by Crippen LogP contribution is -2.30. The highest BCUT2D eigenvalue weighted by Gasteiger charge is 2.19. The van der Waals surface area contributed by atoms with Crippen LogP contribution in [0.5, 0.6) is 0 Å². The zero-order valence-electron chi connectivity index (χ0n) is 38.2. The predicted octanol–water partition coefficient (Wildman–Crippen LogP) is 15.6. The minimum Gasteiger partial charge on any atom is -0.462 e. The lowest BCUT2D eigenvalue weighted by atomic mass is 10.1.